The zero-order chi connectivity index (χ0) is 20.4. The van der Waals surface area contributed by atoms with Gasteiger partial charge in [0.25, 0.3) is 0 Å². The molecule has 0 bridgehead atoms. The molecule has 0 aromatic carbocycles. The third-order valence-corrected chi connectivity index (χ3v) is 3.40. The molecule has 0 heterocycles. The smallest absolute Gasteiger partial charge is 0.377 e. The average molecular weight is 410 g/mol. The topological polar surface area (TPSA) is 113 Å². The molecule has 0 saturated heterocycles. The maximum atomic E-state index is 10.5. The Hall–Kier alpha value is -0.870. The van der Waals surface area contributed by atoms with Gasteiger partial charge < -0.3 is 28.7 Å². The van der Waals surface area contributed by atoms with E-state index in [9.17, 15) is 4.57 Å². The van der Waals surface area contributed by atoms with Crippen LogP contribution in [0.2, 0.25) is 0 Å². The highest BCUT2D eigenvalue weighted by molar-refractivity contribution is 7.46. The van der Waals surface area contributed by atoms with E-state index in [0.717, 1.165) is 0 Å². The van der Waals surface area contributed by atoms with Gasteiger partial charge in [0.15, 0.2) is 0 Å². The molecule has 0 aliphatic heterocycles. The molecule has 10 heteroatoms. The van der Waals surface area contributed by atoms with Crippen molar-refractivity contribution in [3.63, 3.8) is 0 Å². The van der Waals surface area contributed by atoms with E-state index in [1.54, 1.807) is 18.2 Å². The van der Waals surface area contributed by atoms with Gasteiger partial charge in [0.05, 0.1) is 51.8 Å². The Morgan fingerprint density at radius 1 is 0.815 bits per heavy atom. The van der Waals surface area contributed by atoms with Crippen LogP contribution >= 0.6 is 7.82 Å². The molecule has 27 heavy (non-hydrogen) atoms. The van der Waals surface area contributed by atoms with Gasteiger partial charge in [-0.2, -0.15) is 0 Å². The van der Waals surface area contributed by atoms with Crippen LogP contribution in [0.25, 0.3) is 0 Å². The lowest BCUT2D eigenvalue weighted by Crippen LogP contribution is -2.38. The first-order valence-corrected chi connectivity index (χ1v) is 9.99. The monoisotopic (exact) mass is 410 g/mol. The van der Waals surface area contributed by atoms with Gasteiger partial charge in [0, 0.05) is 0 Å². The van der Waals surface area contributed by atoms with E-state index in [2.05, 4.69) is 29.3 Å². The maximum Gasteiger partial charge on any atom is 0.496 e. The van der Waals surface area contributed by atoms with Crippen molar-refractivity contribution in [1.82, 2.24) is 0 Å². The summed E-state index contributed by atoms with van der Waals surface area (Å²) in [5.41, 5.74) is -0.706. The third kappa shape index (κ3) is 15.8. The summed E-state index contributed by atoms with van der Waals surface area (Å²) >= 11 is 0. The quantitative estimate of drug-likeness (QED) is 0.102. The van der Waals surface area contributed by atoms with Gasteiger partial charge in [-0.3, -0.25) is 0 Å². The van der Waals surface area contributed by atoms with Crippen LogP contribution in [0.5, 0.6) is 0 Å². The van der Waals surface area contributed by atoms with Crippen molar-refractivity contribution in [2.24, 2.45) is 0 Å². The normalized spacial score (nSPS) is 12.1. The number of phosphoric acid groups is 1. The Kier molecular flexibility index (Phi) is 15.6. The highest BCUT2D eigenvalue weighted by atomic mass is 31.2. The second kappa shape index (κ2) is 16.1. The molecule has 2 N–H and O–H groups in total. The fourth-order valence-electron chi connectivity index (χ4n) is 2.05. The molecule has 9 nitrogen and oxygen atoms in total. The Morgan fingerprint density at radius 3 is 1.96 bits per heavy atom. The zero-order valence-corrected chi connectivity index (χ0v) is 16.5. The Labute approximate surface area is 160 Å². The molecule has 0 saturated carbocycles. The summed E-state index contributed by atoms with van der Waals surface area (Å²) < 4.78 is 36.5. The van der Waals surface area contributed by atoms with Gasteiger partial charge in [-0.15, -0.1) is 24.4 Å². The molecule has 0 spiro atoms. The van der Waals surface area contributed by atoms with Crippen LogP contribution in [0.1, 0.15) is 12.8 Å². The molecule has 0 radical (unpaired) electrons. The van der Waals surface area contributed by atoms with Gasteiger partial charge >= 0.3 is 7.82 Å². The number of hydrogen-bond donors (Lipinski definition) is 2. The fraction of sp³-hybridized carbons (Fsp3) is 0.647. The average Bonchev–Trinajstić information content (AvgIpc) is 2.59. The summed E-state index contributed by atoms with van der Waals surface area (Å²) in [6, 6.07) is 0. The van der Waals surface area contributed by atoms with Crippen molar-refractivity contribution in [3.8, 4) is 0 Å². The molecular formula is C17H31O9P. The molecule has 0 rings (SSSR count). The zero-order valence-electron chi connectivity index (χ0n) is 15.6. The SMILES string of the molecule is C=CCOCCOCCOCC(CC=C)(CC=C)OCCOOP(=O)(O)O. The third-order valence-electron chi connectivity index (χ3n) is 3.10. The lowest BCUT2D eigenvalue weighted by atomic mass is 9.96. The van der Waals surface area contributed by atoms with Gasteiger partial charge in [-0.1, -0.05) is 18.2 Å². The summed E-state index contributed by atoms with van der Waals surface area (Å²) in [7, 11) is -4.67. The molecule has 0 aliphatic rings. The van der Waals surface area contributed by atoms with E-state index in [4.69, 9.17) is 28.7 Å². The van der Waals surface area contributed by atoms with E-state index >= 15 is 0 Å². The highest BCUT2D eigenvalue weighted by Gasteiger charge is 2.29. The lowest BCUT2D eigenvalue weighted by Gasteiger charge is -2.32. The van der Waals surface area contributed by atoms with E-state index in [0.29, 0.717) is 45.9 Å². The van der Waals surface area contributed by atoms with Crippen molar-refractivity contribution >= 4 is 7.82 Å². The number of hydrogen-bond acceptors (Lipinski definition) is 7. The maximum absolute atomic E-state index is 10.5. The number of rotatable bonds is 20. The largest absolute Gasteiger partial charge is 0.496 e. The van der Waals surface area contributed by atoms with Crippen LogP contribution in [0.4, 0.5) is 0 Å². The Morgan fingerprint density at radius 2 is 1.41 bits per heavy atom. The van der Waals surface area contributed by atoms with E-state index in [1.807, 2.05) is 0 Å². The van der Waals surface area contributed by atoms with Crippen LogP contribution in [-0.2, 0) is 33.1 Å². The predicted molar refractivity (Wildman–Crippen MR) is 100 cm³/mol. The van der Waals surface area contributed by atoms with Crippen LogP contribution < -0.4 is 0 Å². The molecule has 0 unspecified atom stereocenters. The van der Waals surface area contributed by atoms with Crippen LogP contribution in [0.15, 0.2) is 38.0 Å². The molecule has 0 aromatic heterocycles. The van der Waals surface area contributed by atoms with E-state index < -0.39 is 13.4 Å². The summed E-state index contributed by atoms with van der Waals surface area (Å²) in [4.78, 5) is 21.5. The van der Waals surface area contributed by atoms with Crippen molar-refractivity contribution in [2.45, 2.75) is 18.4 Å². The minimum absolute atomic E-state index is 0.0438. The fourth-order valence-corrected chi connectivity index (χ4v) is 2.26. The van der Waals surface area contributed by atoms with Crippen LogP contribution in [0, 0.1) is 0 Å². The highest BCUT2D eigenvalue weighted by Crippen LogP contribution is 2.35. The number of ether oxygens (including phenoxy) is 4. The standard InChI is InChI=1S/C17H31O9P/c1-4-7-17(8-5-2,24-14-15-25-26-27(18,19)20)16-23-13-12-22-11-10-21-9-6-3/h4-6H,1-3,7-16H2,(H2,18,19,20). The second-order valence-corrected chi connectivity index (χ2v) is 6.56. The molecule has 158 valence electrons. The van der Waals surface area contributed by atoms with Crippen molar-refractivity contribution < 1.29 is 42.9 Å². The molecular weight excluding hydrogens is 379 g/mol. The lowest BCUT2D eigenvalue weighted by molar-refractivity contribution is -0.237. The summed E-state index contributed by atoms with van der Waals surface area (Å²) in [5.74, 6) is 0. The Balaban J connectivity index is 4.17. The van der Waals surface area contributed by atoms with Crippen LogP contribution in [-0.4, -0.2) is 68.2 Å². The van der Waals surface area contributed by atoms with Gasteiger partial charge in [-0.05, 0) is 12.8 Å². The molecule has 0 aromatic rings. The molecule has 0 atom stereocenters. The summed E-state index contributed by atoms with van der Waals surface area (Å²) in [5, 5.41) is 0. The van der Waals surface area contributed by atoms with Gasteiger partial charge in [0.2, 0.25) is 0 Å². The van der Waals surface area contributed by atoms with Gasteiger partial charge in [0.1, 0.15) is 6.61 Å². The summed E-state index contributed by atoms with van der Waals surface area (Å²) in [6.45, 7) is 13.4. The molecule has 0 fully saturated rings. The van der Waals surface area contributed by atoms with E-state index in [1.165, 1.54) is 0 Å². The molecule has 0 amide bonds. The van der Waals surface area contributed by atoms with E-state index in [-0.39, 0.29) is 19.8 Å². The predicted octanol–water partition coefficient (Wildman–Crippen LogP) is 2.17. The first kappa shape index (κ1) is 26.1. The van der Waals surface area contributed by atoms with Crippen molar-refractivity contribution in [3.05, 3.63) is 38.0 Å². The summed E-state index contributed by atoms with van der Waals surface area (Å²) in [6.07, 6.45) is 6.06. The molecule has 0 aliphatic carbocycles. The van der Waals surface area contributed by atoms with Crippen molar-refractivity contribution in [1.29, 1.82) is 0 Å². The minimum atomic E-state index is -4.67. The first-order valence-electron chi connectivity index (χ1n) is 8.46. The Bertz CT molecular complexity index is 440. The van der Waals surface area contributed by atoms with Crippen LogP contribution in [0.3, 0.4) is 0 Å². The van der Waals surface area contributed by atoms with Gasteiger partial charge in [-0.25, -0.2) is 9.45 Å². The minimum Gasteiger partial charge on any atom is -0.377 e. The first-order chi connectivity index (χ1) is 12.9. The van der Waals surface area contributed by atoms with Crippen molar-refractivity contribution in [2.75, 3.05) is 52.9 Å². The second-order valence-electron chi connectivity index (χ2n) is 5.43.